The van der Waals surface area contributed by atoms with Gasteiger partial charge in [0.2, 0.25) is 0 Å². The van der Waals surface area contributed by atoms with Crippen LogP contribution in [0.2, 0.25) is 0 Å². The zero-order valence-corrected chi connectivity index (χ0v) is 39.5. The molecule has 0 amide bonds. The van der Waals surface area contributed by atoms with Gasteiger partial charge in [0.1, 0.15) is 6.29 Å². The van der Waals surface area contributed by atoms with E-state index in [0.29, 0.717) is 18.3 Å². The molecule has 336 valence electrons. The van der Waals surface area contributed by atoms with Gasteiger partial charge in [0.15, 0.2) is 0 Å². The fraction of sp³-hybridized carbons (Fsp3) is 0.679. The van der Waals surface area contributed by atoms with E-state index in [2.05, 4.69) is 93.5 Å². The molecule has 0 saturated heterocycles. The molecule has 0 heterocycles. The van der Waals surface area contributed by atoms with E-state index in [9.17, 15) is 4.79 Å². The first kappa shape index (κ1) is 56.2. The molecule has 2 atom stereocenters. The van der Waals surface area contributed by atoms with Crippen LogP contribution in [0.5, 0.6) is 0 Å². The Balaban J connectivity index is 0.000000955. The Kier molecular flexibility index (Phi) is 45.6. The number of aliphatic imine (C=N–C) groups is 1. The van der Waals surface area contributed by atoms with Crippen LogP contribution >= 0.6 is 0 Å². The molecule has 2 aromatic rings. The van der Waals surface area contributed by atoms with E-state index >= 15 is 0 Å². The molecule has 2 aromatic carbocycles. The monoisotopic (exact) mass is 813 g/mol. The molecule has 0 aliphatic heterocycles. The fourth-order valence-electron chi connectivity index (χ4n) is 7.15. The molecular formula is C56H96N2O. The van der Waals surface area contributed by atoms with Crippen molar-refractivity contribution in [2.24, 2.45) is 10.7 Å². The summed E-state index contributed by atoms with van der Waals surface area (Å²) >= 11 is 0. The Hall–Kier alpha value is -2.78. The van der Waals surface area contributed by atoms with Crippen LogP contribution in [-0.2, 0) is 4.79 Å². The molecule has 0 aromatic heterocycles. The molecule has 0 saturated carbocycles. The number of hydrogen-bond acceptors (Lipinski definition) is 3. The average Bonchev–Trinajstić information content (AvgIpc) is 3.27. The number of allylic oxidation sites excluding steroid dienone is 4. The number of nitrogens with zero attached hydrogens (tertiary/aromatic N) is 1. The lowest BCUT2D eigenvalue weighted by Crippen LogP contribution is -1.97. The van der Waals surface area contributed by atoms with Gasteiger partial charge in [0, 0.05) is 13.0 Å². The smallest absolute Gasteiger partial charge is 0.120 e. The van der Waals surface area contributed by atoms with Crippen molar-refractivity contribution >= 4 is 12.5 Å². The van der Waals surface area contributed by atoms with Gasteiger partial charge in [0.05, 0.1) is 0 Å². The first-order valence-corrected chi connectivity index (χ1v) is 25.1. The molecule has 0 radical (unpaired) electrons. The van der Waals surface area contributed by atoms with Gasteiger partial charge in [-0.05, 0) is 106 Å². The minimum atomic E-state index is 0.355. The van der Waals surface area contributed by atoms with Crippen LogP contribution in [0.3, 0.4) is 0 Å². The lowest BCUT2D eigenvalue weighted by Gasteiger charge is -2.07. The third kappa shape index (κ3) is 41.7. The number of nitrogens with two attached hydrogens (primary N) is 1. The van der Waals surface area contributed by atoms with Crippen molar-refractivity contribution < 1.29 is 4.79 Å². The largest absolute Gasteiger partial charge is 0.330 e. The standard InChI is InChI=1S/C28H47N.C18H37N.C10H12O/c1-3-4-5-6-7-8-9-10-11-12-13-14-15-16-17-21-25-29-26-24-27(2)28-22-19-18-20-23-28;1-2-3-4-5-6-7-8-9-10-11-12-13-14-15-16-17-18-19;1-9(7-8-11)10-5-3-2-4-6-10/h10-11,18-20,22-23,26-27H,3-9,12-17,21,24-25H2,1-2H3;9-10H,2-8,11-19H2,1H3;2-6,8-9H,7H2,1H3/b11-10-,29-26?;10-9-;. The number of carbonyl (C=O) groups is 1. The van der Waals surface area contributed by atoms with Crippen molar-refractivity contribution in [2.75, 3.05) is 13.1 Å². The van der Waals surface area contributed by atoms with Crippen molar-refractivity contribution in [3.8, 4) is 0 Å². The van der Waals surface area contributed by atoms with Gasteiger partial charge >= 0.3 is 0 Å². The molecule has 0 spiro atoms. The van der Waals surface area contributed by atoms with Crippen molar-refractivity contribution in [1.29, 1.82) is 0 Å². The SMILES string of the molecule is CC(CC=O)c1ccccc1.CCCCCCCC/C=C\CCCCCCCCN.CCCCCCCC/C=C\CCCCCCCCN=CCC(C)c1ccccc1. The van der Waals surface area contributed by atoms with Gasteiger partial charge < -0.3 is 10.5 Å². The average molecular weight is 813 g/mol. The Morgan fingerprint density at radius 2 is 0.797 bits per heavy atom. The number of hydrogen-bond donors (Lipinski definition) is 1. The van der Waals surface area contributed by atoms with E-state index in [1.165, 1.54) is 191 Å². The Morgan fingerprint density at radius 3 is 1.17 bits per heavy atom. The van der Waals surface area contributed by atoms with Crippen molar-refractivity contribution in [3.63, 3.8) is 0 Å². The second-order valence-corrected chi connectivity index (χ2v) is 17.0. The summed E-state index contributed by atoms with van der Waals surface area (Å²) < 4.78 is 0. The first-order chi connectivity index (χ1) is 29.1. The molecule has 59 heavy (non-hydrogen) atoms. The van der Waals surface area contributed by atoms with Gasteiger partial charge in [-0.1, -0.05) is 228 Å². The summed E-state index contributed by atoms with van der Waals surface area (Å²) in [5, 5.41) is 0. The lowest BCUT2D eigenvalue weighted by atomic mass is 9.99. The van der Waals surface area contributed by atoms with E-state index in [1.807, 2.05) is 30.3 Å². The molecule has 2 unspecified atom stereocenters. The molecule has 0 aliphatic rings. The number of unbranched alkanes of at least 4 members (excludes halogenated alkanes) is 24. The molecule has 2 rings (SSSR count). The zero-order valence-electron chi connectivity index (χ0n) is 39.5. The van der Waals surface area contributed by atoms with Crippen LogP contribution in [-0.4, -0.2) is 25.6 Å². The maximum atomic E-state index is 10.2. The summed E-state index contributed by atoms with van der Waals surface area (Å²) in [5.41, 5.74) is 8.12. The predicted octanol–water partition coefficient (Wildman–Crippen LogP) is 17.7. The maximum absolute atomic E-state index is 10.2. The van der Waals surface area contributed by atoms with E-state index in [4.69, 9.17) is 5.73 Å². The van der Waals surface area contributed by atoms with E-state index in [0.717, 1.165) is 25.8 Å². The third-order valence-electron chi connectivity index (χ3n) is 11.3. The van der Waals surface area contributed by atoms with Gasteiger partial charge in [0.25, 0.3) is 0 Å². The molecule has 3 nitrogen and oxygen atoms in total. The van der Waals surface area contributed by atoms with Gasteiger partial charge in [-0.15, -0.1) is 0 Å². The second-order valence-electron chi connectivity index (χ2n) is 17.0. The molecule has 0 aliphatic carbocycles. The normalized spacial score (nSPS) is 12.4. The van der Waals surface area contributed by atoms with E-state index in [-0.39, 0.29) is 0 Å². The molecule has 2 N–H and O–H groups in total. The highest BCUT2D eigenvalue weighted by molar-refractivity contribution is 5.58. The summed E-state index contributed by atoms with van der Waals surface area (Å²) in [6.45, 7) is 10.8. The van der Waals surface area contributed by atoms with Crippen molar-refractivity contribution in [2.45, 2.75) is 232 Å². The third-order valence-corrected chi connectivity index (χ3v) is 11.3. The van der Waals surface area contributed by atoms with Crippen LogP contribution < -0.4 is 5.73 Å². The van der Waals surface area contributed by atoms with Crippen molar-refractivity contribution in [3.05, 3.63) is 96.1 Å². The molecular weight excluding hydrogens is 717 g/mol. The molecule has 0 bridgehead atoms. The minimum absolute atomic E-state index is 0.355. The van der Waals surface area contributed by atoms with Gasteiger partial charge in [-0.25, -0.2) is 0 Å². The van der Waals surface area contributed by atoms with Crippen LogP contribution in [0, 0.1) is 0 Å². The summed E-state index contributed by atoms with van der Waals surface area (Å²) in [4.78, 5) is 14.8. The number of carbonyl (C=O) groups excluding carboxylic acids is 1. The van der Waals surface area contributed by atoms with Crippen LogP contribution in [0.1, 0.15) is 243 Å². The first-order valence-electron chi connectivity index (χ1n) is 25.1. The topological polar surface area (TPSA) is 55.5 Å². The Morgan fingerprint density at radius 1 is 0.458 bits per heavy atom. The molecule has 0 fully saturated rings. The van der Waals surface area contributed by atoms with E-state index in [1.54, 1.807) is 0 Å². The van der Waals surface area contributed by atoms with Crippen molar-refractivity contribution in [1.82, 2.24) is 0 Å². The Bertz CT molecular complexity index is 1170. The number of benzene rings is 2. The quantitative estimate of drug-likeness (QED) is 0.0320. The van der Waals surface area contributed by atoms with Crippen LogP contribution in [0.25, 0.3) is 0 Å². The second kappa shape index (κ2) is 47.9. The summed E-state index contributed by atoms with van der Waals surface area (Å²) in [7, 11) is 0. The highest BCUT2D eigenvalue weighted by Crippen LogP contribution is 2.18. The fourth-order valence-corrected chi connectivity index (χ4v) is 7.15. The van der Waals surface area contributed by atoms with Gasteiger partial charge in [-0.2, -0.15) is 0 Å². The predicted molar refractivity (Wildman–Crippen MR) is 266 cm³/mol. The summed E-state index contributed by atoms with van der Waals surface area (Å²) in [6.07, 6.45) is 52.6. The summed E-state index contributed by atoms with van der Waals surface area (Å²) in [6, 6.07) is 20.8. The summed E-state index contributed by atoms with van der Waals surface area (Å²) in [5.74, 6) is 0.925. The number of aldehydes is 1. The highest BCUT2D eigenvalue weighted by Gasteiger charge is 2.03. The maximum Gasteiger partial charge on any atom is 0.120 e. The van der Waals surface area contributed by atoms with Gasteiger partial charge in [-0.3, -0.25) is 4.99 Å². The highest BCUT2D eigenvalue weighted by atomic mass is 16.1. The van der Waals surface area contributed by atoms with Crippen LogP contribution in [0.15, 0.2) is 90.0 Å². The van der Waals surface area contributed by atoms with E-state index < -0.39 is 0 Å². The Labute approximate surface area is 368 Å². The number of rotatable bonds is 37. The van der Waals surface area contributed by atoms with Crippen LogP contribution in [0.4, 0.5) is 0 Å². The minimum Gasteiger partial charge on any atom is -0.330 e. The zero-order chi connectivity index (χ0) is 43.0. The molecule has 3 heteroatoms. The lowest BCUT2D eigenvalue weighted by molar-refractivity contribution is -0.108.